The summed E-state index contributed by atoms with van der Waals surface area (Å²) < 4.78 is 4.58. The second kappa shape index (κ2) is 11.3. The van der Waals surface area contributed by atoms with E-state index in [-0.39, 0.29) is 34.2 Å². The summed E-state index contributed by atoms with van der Waals surface area (Å²) in [6.07, 6.45) is 0. The maximum Gasteiger partial charge on any atom is 0.349 e. The lowest BCUT2D eigenvalue weighted by Crippen LogP contribution is -2.40. The van der Waals surface area contributed by atoms with Crippen LogP contribution in [-0.4, -0.2) is 50.9 Å². The lowest BCUT2D eigenvalue weighted by Gasteiger charge is -2.08. The van der Waals surface area contributed by atoms with Crippen LogP contribution in [0.15, 0.2) is 36.4 Å². The summed E-state index contributed by atoms with van der Waals surface area (Å²) in [6, 6.07) is 6.64. The number of carboxylic acids is 1. The summed E-state index contributed by atoms with van der Waals surface area (Å²) in [7, 11) is 0. The number of carbonyl (C=O) groups is 4. The third-order valence-electron chi connectivity index (χ3n) is 3.53. The van der Waals surface area contributed by atoms with Gasteiger partial charge in [-0.05, 0) is 24.3 Å². The van der Waals surface area contributed by atoms with Gasteiger partial charge in [0.25, 0.3) is 0 Å². The largest absolute Gasteiger partial charge is 0.507 e. The summed E-state index contributed by atoms with van der Waals surface area (Å²) in [5.41, 5.74) is 10.9. The first-order chi connectivity index (χ1) is 14.5. The molecule has 11 nitrogen and oxygen atoms in total. The Hall–Kier alpha value is -3.93. The van der Waals surface area contributed by atoms with E-state index < -0.39 is 35.4 Å². The van der Waals surface area contributed by atoms with E-state index in [0.29, 0.717) is 0 Å². The third-order valence-corrected chi connectivity index (χ3v) is 3.89. The van der Waals surface area contributed by atoms with Crippen LogP contribution in [0.3, 0.4) is 0 Å². The van der Waals surface area contributed by atoms with E-state index in [2.05, 4.69) is 22.7 Å². The van der Waals surface area contributed by atoms with Crippen molar-refractivity contribution in [2.45, 2.75) is 13.0 Å². The van der Waals surface area contributed by atoms with Gasteiger partial charge in [-0.25, -0.2) is 14.4 Å². The van der Waals surface area contributed by atoms with E-state index in [1.54, 1.807) is 0 Å². The molecule has 0 radical (unpaired) electrons. The van der Waals surface area contributed by atoms with Crippen molar-refractivity contribution in [1.29, 1.82) is 0 Å². The molecule has 0 aliphatic carbocycles. The molecule has 1 amide bonds. The van der Waals surface area contributed by atoms with Crippen molar-refractivity contribution in [2.75, 3.05) is 17.2 Å². The van der Waals surface area contributed by atoms with Gasteiger partial charge in [-0.15, -0.1) is 0 Å². The van der Waals surface area contributed by atoms with Crippen LogP contribution in [0, 0.1) is 0 Å². The summed E-state index contributed by atoms with van der Waals surface area (Å²) in [5.74, 6) is -4.26. The number of benzene rings is 2. The number of nitrogen functional groups attached to an aromatic ring is 2. The Labute approximate surface area is 182 Å². The van der Waals surface area contributed by atoms with Crippen LogP contribution < -0.4 is 16.8 Å². The first kappa shape index (κ1) is 25.1. The molecule has 1 atom stereocenters. The smallest absolute Gasteiger partial charge is 0.349 e. The predicted molar refractivity (Wildman–Crippen MR) is 114 cm³/mol. The van der Waals surface area contributed by atoms with Gasteiger partial charge in [0.15, 0.2) is 0 Å². The Balaban J connectivity index is 0.000000407. The van der Waals surface area contributed by atoms with Gasteiger partial charge >= 0.3 is 17.9 Å². The number of aromatic hydroxyl groups is 2. The van der Waals surface area contributed by atoms with E-state index in [4.69, 9.17) is 16.6 Å². The number of ether oxygens (including phenoxy) is 1. The molecule has 0 aliphatic heterocycles. The van der Waals surface area contributed by atoms with E-state index in [0.717, 1.165) is 12.1 Å². The fourth-order valence-electron chi connectivity index (χ4n) is 2.07. The number of carbonyl (C=O) groups excluding carboxylic acids is 3. The summed E-state index contributed by atoms with van der Waals surface area (Å²) in [4.78, 5) is 44.1. The summed E-state index contributed by atoms with van der Waals surface area (Å²) in [6.45, 7) is 1.26. The van der Waals surface area contributed by atoms with E-state index >= 15 is 0 Å². The number of esters is 2. The Morgan fingerprint density at radius 1 is 0.968 bits per heavy atom. The highest BCUT2D eigenvalue weighted by atomic mass is 32.1. The average molecular weight is 451 g/mol. The van der Waals surface area contributed by atoms with Gasteiger partial charge in [-0.1, -0.05) is 0 Å². The number of nitrogens with two attached hydrogens (primary N) is 2. The van der Waals surface area contributed by atoms with Crippen LogP contribution in [0.1, 0.15) is 27.6 Å². The highest BCUT2D eigenvalue weighted by molar-refractivity contribution is 7.80. The van der Waals surface area contributed by atoms with Crippen LogP contribution in [0.25, 0.3) is 0 Å². The van der Waals surface area contributed by atoms with Crippen molar-refractivity contribution < 1.29 is 39.2 Å². The lowest BCUT2D eigenvalue weighted by atomic mass is 10.1. The first-order valence-electron chi connectivity index (χ1n) is 8.50. The maximum atomic E-state index is 11.8. The molecular formula is C19H21N3O8S. The van der Waals surface area contributed by atoms with E-state index in [1.165, 1.54) is 31.2 Å². The van der Waals surface area contributed by atoms with E-state index in [9.17, 15) is 29.4 Å². The van der Waals surface area contributed by atoms with Crippen molar-refractivity contribution in [3.63, 3.8) is 0 Å². The average Bonchev–Trinajstić information content (AvgIpc) is 2.65. The van der Waals surface area contributed by atoms with Crippen molar-refractivity contribution >= 4 is 47.8 Å². The molecule has 0 spiro atoms. The van der Waals surface area contributed by atoms with Gasteiger partial charge in [0.05, 0.1) is 0 Å². The zero-order chi connectivity index (χ0) is 23.7. The van der Waals surface area contributed by atoms with Gasteiger partial charge in [-0.2, -0.15) is 12.6 Å². The molecule has 0 fully saturated rings. The Morgan fingerprint density at radius 2 is 1.39 bits per heavy atom. The van der Waals surface area contributed by atoms with Crippen molar-refractivity contribution in [2.24, 2.45) is 0 Å². The molecule has 0 unspecified atom stereocenters. The van der Waals surface area contributed by atoms with E-state index in [1.807, 2.05) is 0 Å². The lowest BCUT2D eigenvalue weighted by molar-refractivity contribution is -0.140. The number of nitrogens with one attached hydrogen (secondary N) is 1. The minimum Gasteiger partial charge on any atom is -0.507 e. The molecule has 2 aromatic carbocycles. The van der Waals surface area contributed by atoms with Gasteiger partial charge in [-0.3, -0.25) is 4.79 Å². The number of phenolic OH excluding ortho intramolecular Hbond substituents is 2. The first-order valence-corrected chi connectivity index (χ1v) is 9.13. The number of aliphatic carboxylic acids is 1. The van der Waals surface area contributed by atoms with Crippen LogP contribution >= 0.6 is 12.6 Å². The quantitative estimate of drug-likeness (QED) is 0.147. The molecule has 2 rings (SSSR count). The molecular weight excluding hydrogens is 430 g/mol. The predicted octanol–water partition coefficient (Wildman–Crippen LogP) is 0.765. The molecule has 0 saturated carbocycles. The molecule has 8 N–H and O–H groups in total. The molecule has 31 heavy (non-hydrogen) atoms. The number of hydrogen-bond acceptors (Lipinski definition) is 10. The van der Waals surface area contributed by atoms with Gasteiger partial charge < -0.3 is 36.8 Å². The fraction of sp³-hybridized carbons (Fsp3) is 0.158. The maximum absolute atomic E-state index is 11.8. The SMILES string of the molecule is CC(=O)N[C@@H](CS)C(=O)O.Nc1ccc(C(=O)OC(=O)c2ccc(N)cc2O)c(O)c1. The van der Waals surface area contributed by atoms with Crippen molar-refractivity contribution in [3.05, 3.63) is 47.5 Å². The number of amides is 1. The summed E-state index contributed by atoms with van der Waals surface area (Å²) in [5, 5.41) is 29.7. The number of anilines is 2. The second-order valence-electron chi connectivity index (χ2n) is 6.00. The number of phenols is 2. The summed E-state index contributed by atoms with van der Waals surface area (Å²) >= 11 is 3.73. The van der Waals surface area contributed by atoms with Crippen LogP contribution in [-0.2, 0) is 14.3 Å². The number of carboxylic acid groups (broad SMARTS) is 1. The Bertz CT molecular complexity index is 935. The molecule has 0 aromatic heterocycles. The van der Waals surface area contributed by atoms with Crippen LogP contribution in [0.2, 0.25) is 0 Å². The topological polar surface area (TPSA) is 202 Å². The molecule has 0 saturated heterocycles. The molecule has 0 bridgehead atoms. The minimum atomic E-state index is -1.06. The van der Waals surface area contributed by atoms with Crippen molar-refractivity contribution in [1.82, 2.24) is 5.32 Å². The standard InChI is InChI=1S/C14H12N2O5.C5H9NO3S/c15-7-1-3-9(11(17)5-7)13(19)21-14(20)10-4-2-8(16)6-12(10)18;1-3(7)6-4(2-10)5(8)9/h1-6,17-18H,15-16H2;4,10H,2H2,1H3,(H,6,7)(H,8,9)/t;4-/m.0/s1. The third kappa shape index (κ3) is 7.78. The van der Waals surface area contributed by atoms with Crippen LogP contribution in [0.4, 0.5) is 11.4 Å². The zero-order valence-electron chi connectivity index (χ0n) is 16.2. The highest BCUT2D eigenvalue weighted by Gasteiger charge is 2.20. The molecule has 0 heterocycles. The van der Waals surface area contributed by atoms with Crippen molar-refractivity contribution in [3.8, 4) is 11.5 Å². The fourth-order valence-corrected chi connectivity index (χ4v) is 2.32. The normalized spacial score (nSPS) is 10.8. The minimum absolute atomic E-state index is 0.106. The number of thiol groups is 1. The Kier molecular flexibility index (Phi) is 9.16. The highest BCUT2D eigenvalue weighted by Crippen LogP contribution is 2.24. The zero-order valence-corrected chi connectivity index (χ0v) is 17.1. The molecule has 0 aliphatic rings. The molecule has 166 valence electrons. The second-order valence-corrected chi connectivity index (χ2v) is 6.37. The van der Waals surface area contributed by atoms with Gasteiger partial charge in [0.1, 0.15) is 28.7 Å². The molecule has 2 aromatic rings. The monoisotopic (exact) mass is 451 g/mol. The number of rotatable bonds is 5. The van der Waals surface area contributed by atoms with Gasteiger partial charge in [0.2, 0.25) is 5.91 Å². The Morgan fingerprint density at radius 3 is 1.65 bits per heavy atom. The van der Waals surface area contributed by atoms with Gasteiger partial charge in [0, 0.05) is 36.2 Å². The number of hydrogen-bond donors (Lipinski definition) is 7. The van der Waals surface area contributed by atoms with Crippen LogP contribution in [0.5, 0.6) is 11.5 Å². The molecule has 12 heteroatoms.